The minimum atomic E-state index is -0.726. The van der Waals surface area contributed by atoms with Crippen LogP contribution in [0.1, 0.15) is 31.9 Å². The Hall–Kier alpha value is -3.55. The molecule has 2 unspecified atom stereocenters. The van der Waals surface area contributed by atoms with Gasteiger partial charge in [0.2, 0.25) is 5.91 Å². The van der Waals surface area contributed by atoms with E-state index in [1.54, 1.807) is 9.80 Å². The smallest absolute Gasteiger partial charge is 0.319 e. The lowest BCUT2D eigenvalue weighted by molar-refractivity contribution is -0.135. The van der Waals surface area contributed by atoms with Crippen molar-refractivity contribution in [3.05, 3.63) is 65.7 Å². The third-order valence-corrected chi connectivity index (χ3v) is 5.81. The number of benzene rings is 2. The van der Waals surface area contributed by atoms with Crippen LogP contribution in [0.3, 0.4) is 0 Å². The average Bonchev–Trinajstić information content (AvgIpc) is 2.79. The van der Waals surface area contributed by atoms with Gasteiger partial charge in [0.1, 0.15) is 6.04 Å². The van der Waals surface area contributed by atoms with E-state index in [0.29, 0.717) is 31.7 Å². The van der Waals surface area contributed by atoms with E-state index in [-0.39, 0.29) is 24.0 Å². The Morgan fingerprint density at radius 1 is 0.971 bits per heavy atom. The standard InChI is InChI=1S/C26H35N5O3/c1-18(2)27-26(34)31-15-14-30(17-20(31)4)24(32)23(16-21-8-6-5-7-9-21)29-25(33)28-22-12-10-19(3)11-13-22/h5-13,18,20,23H,14-17H2,1-4H3,(H,27,34)(H2,28,29,33). The van der Waals surface area contributed by atoms with Crippen LogP contribution in [0.25, 0.3) is 0 Å². The molecular weight excluding hydrogens is 430 g/mol. The molecule has 1 aliphatic rings. The molecular formula is C26H35N5O3. The molecule has 0 radical (unpaired) electrons. The molecule has 182 valence electrons. The quantitative estimate of drug-likeness (QED) is 0.611. The van der Waals surface area contributed by atoms with Crippen molar-refractivity contribution in [3.8, 4) is 0 Å². The van der Waals surface area contributed by atoms with Crippen LogP contribution in [-0.2, 0) is 11.2 Å². The summed E-state index contributed by atoms with van der Waals surface area (Å²) in [4.78, 5) is 42.2. The van der Waals surface area contributed by atoms with Crippen molar-refractivity contribution >= 4 is 23.7 Å². The van der Waals surface area contributed by atoms with Crippen molar-refractivity contribution in [1.29, 1.82) is 0 Å². The second-order valence-corrected chi connectivity index (χ2v) is 9.14. The number of carbonyl (C=O) groups excluding carboxylic acids is 3. The van der Waals surface area contributed by atoms with Crippen molar-refractivity contribution in [2.75, 3.05) is 25.0 Å². The predicted molar refractivity (Wildman–Crippen MR) is 134 cm³/mol. The first-order valence-corrected chi connectivity index (χ1v) is 11.8. The van der Waals surface area contributed by atoms with Crippen LogP contribution in [0.15, 0.2) is 54.6 Å². The third-order valence-electron chi connectivity index (χ3n) is 5.81. The molecule has 0 spiro atoms. The van der Waals surface area contributed by atoms with Crippen LogP contribution in [0.4, 0.5) is 15.3 Å². The van der Waals surface area contributed by atoms with Gasteiger partial charge in [-0.3, -0.25) is 4.79 Å². The maximum absolute atomic E-state index is 13.5. The molecule has 2 aromatic rings. The van der Waals surface area contributed by atoms with Gasteiger partial charge in [0, 0.05) is 43.8 Å². The molecule has 34 heavy (non-hydrogen) atoms. The van der Waals surface area contributed by atoms with E-state index in [9.17, 15) is 14.4 Å². The fourth-order valence-electron chi connectivity index (χ4n) is 4.02. The van der Waals surface area contributed by atoms with Gasteiger partial charge in [-0.05, 0) is 45.4 Å². The SMILES string of the molecule is Cc1ccc(NC(=O)NC(Cc2ccccc2)C(=O)N2CCN(C(=O)NC(C)C)C(C)C2)cc1. The molecule has 0 aliphatic carbocycles. The van der Waals surface area contributed by atoms with Crippen LogP contribution in [0, 0.1) is 6.92 Å². The van der Waals surface area contributed by atoms with Gasteiger partial charge in [-0.15, -0.1) is 0 Å². The van der Waals surface area contributed by atoms with E-state index in [4.69, 9.17) is 0 Å². The Balaban J connectivity index is 1.68. The summed E-state index contributed by atoms with van der Waals surface area (Å²) >= 11 is 0. The number of nitrogens with one attached hydrogen (secondary N) is 3. The molecule has 0 saturated carbocycles. The van der Waals surface area contributed by atoms with Gasteiger partial charge in [0.25, 0.3) is 0 Å². The van der Waals surface area contributed by atoms with Gasteiger partial charge >= 0.3 is 12.1 Å². The predicted octanol–water partition coefficient (Wildman–Crippen LogP) is 3.38. The van der Waals surface area contributed by atoms with Crippen molar-refractivity contribution < 1.29 is 14.4 Å². The number of piperazine rings is 1. The highest BCUT2D eigenvalue weighted by Crippen LogP contribution is 2.14. The summed E-state index contributed by atoms with van der Waals surface area (Å²) in [6.45, 7) is 9.03. The highest BCUT2D eigenvalue weighted by molar-refractivity contribution is 5.94. The highest BCUT2D eigenvalue weighted by Gasteiger charge is 2.33. The second kappa shape index (κ2) is 11.5. The van der Waals surface area contributed by atoms with Crippen molar-refractivity contribution in [2.24, 2.45) is 0 Å². The number of carbonyl (C=O) groups is 3. The molecule has 5 amide bonds. The molecule has 0 bridgehead atoms. The number of anilines is 1. The van der Waals surface area contributed by atoms with Gasteiger partial charge in [0.05, 0.1) is 0 Å². The second-order valence-electron chi connectivity index (χ2n) is 9.14. The van der Waals surface area contributed by atoms with Gasteiger partial charge in [-0.25, -0.2) is 9.59 Å². The van der Waals surface area contributed by atoms with Crippen LogP contribution < -0.4 is 16.0 Å². The van der Waals surface area contributed by atoms with Crippen LogP contribution in [-0.4, -0.2) is 65.5 Å². The van der Waals surface area contributed by atoms with Gasteiger partial charge in [0.15, 0.2) is 0 Å². The minimum Gasteiger partial charge on any atom is -0.337 e. The zero-order chi connectivity index (χ0) is 24.7. The molecule has 8 heteroatoms. The number of hydrogen-bond donors (Lipinski definition) is 3. The summed E-state index contributed by atoms with van der Waals surface area (Å²) < 4.78 is 0. The van der Waals surface area contributed by atoms with E-state index < -0.39 is 12.1 Å². The van der Waals surface area contributed by atoms with E-state index >= 15 is 0 Å². The summed E-state index contributed by atoms with van der Waals surface area (Å²) in [5.74, 6) is -0.154. The summed E-state index contributed by atoms with van der Waals surface area (Å²) in [6.07, 6.45) is 0.378. The van der Waals surface area contributed by atoms with Gasteiger partial charge < -0.3 is 25.8 Å². The first-order chi connectivity index (χ1) is 16.2. The molecule has 0 aromatic heterocycles. The van der Waals surface area contributed by atoms with Crippen molar-refractivity contribution in [3.63, 3.8) is 0 Å². The Labute approximate surface area is 201 Å². The Morgan fingerprint density at radius 3 is 2.26 bits per heavy atom. The fraction of sp³-hybridized carbons (Fsp3) is 0.423. The first-order valence-electron chi connectivity index (χ1n) is 11.8. The molecule has 2 atom stereocenters. The Kier molecular flexibility index (Phi) is 8.51. The fourth-order valence-corrected chi connectivity index (χ4v) is 4.02. The zero-order valence-electron chi connectivity index (χ0n) is 20.4. The first kappa shape index (κ1) is 25.1. The monoisotopic (exact) mass is 465 g/mol. The molecule has 3 N–H and O–H groups in total. The van der Waals surface area contributed by atoms with E-state index in [2.05, 4.69) is 16.0 Å². The molecule has 1 fully saturated rings. The Bertz CT molecular complexity index is 978. The van der Waals surface area contributed by atoms with Crippen LogP contribution >= 0.6 is 0 Å². The lowest BCUT2D eigenvalue weighted by atomic mass is 10.0. The number of urea groups is 2. The minimum absolute atomic E-state index is 0.0471. The summed E-state index contributed by atoms with van der Waals surface area (Å²) in [5, 5.41) is 8.59. The normalized spacial score (nSPS) is 16.7. The molecule has 3 rings (SSSR count). The number of amides is 5. The topological polar surface area (TPSA) is 93.8 Å². The molecule has 8 nitrogen and oxygen atoms in total. The lowest BCUT2D eigenvalue weighted by Crippen LogP contribution is -2.61. The van der Waals surface area contributed by atoms with Gasteiger partial charge in [-0.1, -0.05) is 48.0 Å². The summed E-state index contributed by atoms with van der Waals surface area (Å²) in [5.41, 5.74) is 2.71. The maximum atomic E-state index is 13.5. The largest absolute Gasteiger partial charge is 0.337 e. The maximum Gasteiger partial charge on any atom is 0.319 e. The van der Waals surface area contributed by atoms with Crippen LogP contribution in [0.5, 0.6) is 0 Å². The molecule has 1 saturated heterocycles. The number of nitrogens with zero attached hydrogens (tertiary/aromatic N) is 2. The zero-order valence-corrected chi connectivity index (χ0v) is 20.4. The number of rotatable bonds is 6. The van der Waals surface area contributed by atoms with Crippen molar-refractivity contribution in [2.45, 2.75) is 52.2 Å². The summed E-state index contributed by atoms with van der Waals surface area (Å²) in [6, 6.07) is 15.8. The highest BCUT2D eigenvalue weighted by atomic mass is 16.2. The summed E-state index contributed by atoms with van der Waals surface area (Å²) in [7, 11) is 0. The third kappa shape index (κ3) is 6.97. The van der Waals surface area contributed by atoms with Gasteiger partial charge in [-0.2, -0.15) is 0 Å². The molecule has 2 aromatic carbocycles. The Morgan fingerprint density at radius 2 is 1.65 bits per heavy atom. The van der Waals surface area contributed by atoms with E-state index in [0.717, 1.165) is 11.1 Å². The molecule has 1 aliphatic heterocycles. The van der Waals surface area contributed by atoms with E-state index in [1.165, 1.54) is 0 Å². The lowest BCUT2D eigenvalue weighted by Gasteiger charge is -2.41. The number of aryl methyl sites for hydroxylation is 1. The molecule has 1 heterocycles. The average molecular weight is 466 g/mol. The van der Waals surface area contributed by atoms with Crippen molar-refractivity contribution in [1.82, 2.24) is 20.4 Å². The van der Waals surface area contributed by atoms with Crippen LogP contribution in [0.2, 0.25) is 0 Å². The number of hydrogen-bond acceptors (Lipinski definition) is 3. The van der Waals surface area contributed by atoms with E-state index in [1.807, 2.05) is 82.3 Å².